The summed E-state index contributed by atoms with van der Waals surface area (Å²) in [6.45, 7) is 5.48. The van der Waals surface area contributed by atoms with Crippen LogP contribution in [0.4, 0.5) is 5.69 Å². The Hall–Kier alpha value is -2.60. The van der Waals surface area contributed by atoms with Crippen LogP contribution in [-0.4, -0.2) is 12.5 Å². The average Bonchev–Trinajstić information content (AvgIpc) is 2.58. The molecule has 0 unspecified atom stereocenters. The summed E-state index contributed by atoms with van der Waals surface area (Å²) in [4.78, 5) is 23.8. The molecular formula is C20H18BrNO4. The molecule has 5 nitrogen and oxygen atoms in total. The van der Waals surface area contributed by atoms with Crippen molar-refractivity contribution >= 4 is 38.5 Å². The van der Waals surface area contributed by atoms with Crippen LogP contribution in [0.2, 0.25) is 0 Å². The van der Waals surface area contributed by atoms with Gasteiger partial charge >= 0.3 is 5.63 Å². The molecule has 0 spiro atoms. The Morgan fingerprint density at radius 1 is 1.12 bits per heavy atom. The molecule has 0 radical (unpaired) electrons. The van der Waals surface area contributed by atoms with Crippen LogP contribution in [0.1, 0.15) is 16.7 Å². The van der Waals surface area contributed by atoms with Crippen molar-refractivity contribution in [2.45, 2.75) is 20.8 Å². The zero-order valence-electron chi connectivity index (χ0n) is 14.7. The number of amides is 1. The van der Waals surface area contributed by atoms with Crippen molar-refractivity contribution in [3.05, 3.63) is 68.0 Å². The van der Waals surface area contributed by atoms with E-state index in [0.717, 1.165) is 21.0 Å². The van der Waals surface area contributed by atoms with E-state index >= 15 is 0 Å². The zero-order chi connectivity index (χ0) is 18.8. The normalized spacial score (nSPS) is 10.8. The fourth-order valence-electron chi connectivity index (χ4n) is 2.67. The summed E-state index contributed by atoms with van der Waals surface area (Å²) < 4.78 is 11.8. The Bertz CT molecular complexity index is 1060. The number of carbonyl (C=O) groups excluding carboxylic acids is 1. The van der Waals surface area contributed by atoms with Crippen molar-refractivity contribution in [3.63, 3.8) is 0 Å². The van der Waals surface area contributed by atoms with Crippen molar-refractivity contribution < 1.29 is 13.9 Å². The zero-order valence-corrected chi connectivity index (χ0v) is 16.3. The number of nitrogens with one attached hydrogen (secondary N) is 1. The summed E-state index contributed by atoms with van der Waals surface area (Å²) >= 11 is 3.44. The highest BCUT2D eigenvalue weighted by Gasteiger charge is 2.12. The predicted octanol–water partition coefficient (Wildman–Crippen LogP) is 4.50. The summed E-state index contributed by atoms with van der Waals surface area (Å²) in [6, 6.07) is 10.6. The van der Waals surface area contributed by atoms with E-state index in [1.165, 1.54) is 6.07 Å². The molecule has 0 fully saturated rings. The van der Waals surface area contributed by atoms with Crippen LogP contribution in [0.5, 0.6) is 5.75 Å². The van der Waals surface area contributed by atoms with Crippen molar-refractivity contribution in [2.24, 2.45) is 0 Å². The first kappa shape index (κ1) is 18.2. The van der Waals surface area contributed by atoms with Gasteiger partial charge in [-0.2, -0.15) is 0 Å². The highest BCUT2D eigenvalue weighted by atomic mass is 79.9. The maximum absolute atomic E-state index is 12.1. The second-order valence-electron chi connectivity index (χ2n) is 6.11. The number of hydrogen-bond acceptors (Lipinski definition) is 4. The molecule has 6 heteroatoms. The molecule has 0 saturated heterocycles. The second-order valence-corrected chi connectivity index (χ2v) is 6.97. The van der Waals surface area contributed by atoms with E-state index in [2.05, 4.69) is 21.2 Å². The monoisotopic (exact) mass is 415 g/mol. The molecule has 3 aromatic rings. The van der Waals surface area contributed by atoms with Gasteiger partial charge in [0.15, 0.2) is 6.61 Å². The van der Waals surface area contributed by atoms with Crippen molar-refractivity contribution in [3.8, 4) is 5.75 Å². The third-order valence-corrected chi connectivity index (χ3v) is 4.99. The number of rotatable bonds is 4. The Balaban J connectivity index is 1.75. The molecule has 26 heavy (non-hydrogen) atoms. The Morgan fingerprint density at radius 3 is 2.62 bits per heavy atom. The minimum atomic E-state index is -0.405. The molecule has 0 aliphatic carbocycles. The maximum atomic E-state index is 12.1. The van der Waals surface area contributed by atoms with Crippen LogP contribution in [0.3, 0.4) is 0 Å². The maximum Gasteiger partial charge on any atom is 0.336 e. The number of halogens is 1. The number of aryl methyl sites for hydroxylation is 3. The van der Waals surface area contributed by atoms with Gasteiger partial charge in [0.2, 0.25) is 0 Å². The van der Waals surface area contributed by atoms with Crippen LogP contribution >= 0.6 is 15.9 Å². The third-order valence-electron chi connectivity index (χ3n) is 4.13. The van der Waals surface area contributed by atoms with Crippen molar-refractivity contribution in [2.75, 3.05) is 11.9 Å². The molecule has 1 heterocycles. The first-order chi connectivity index (χ1) is 12.3. The van der Waals surface area contributed by atoms with Gasteiger partial charge in [-0.25, -0.2) is 4.79 Å². The summed E-state index contributed by atoms with van der Waals surface area (Å²) in [6.07, 6.45) is 0. The van der Waals surface area contributed by atoms with Gasteiger partial charge in [-0.15, -0.1) is 0 Å². The van der Waals surface area contributed by atoms with Crippen LogP contribution in [0.15, 0.2) is 50.1 Å². The summed E-state index contributed by atoms with van der Waals surface area (Å²) in [5.74, 6) is 0.234. The number of benzene rings is 2. The number of ether oxygens (including phenoxy) is 1. The predicted molar refractivity (Wildman–Crippen MR) is 105 cm³/mol. The van der Waals surface area contributed by atoms with Crippen LogP contribution in [0.25, 0.3) is 11.0 Å². The molecule has 1 N–H and O–H groups in total. The van der Waals surface area contributed by atoms with E-state index in [1.807, 2.05) is 38.1 Å². The van der Waals surface area contributed by atoms with E-state index in [-0.39, 0.29) is 12.5 Å². The molecule has 0 aliphatic rings. The first-order valence-corrected chi connectivity index (χ1v) is 8.87. The molecule has 3 rings (SSSR count). The SMILES string of the molecule is Cc1ccc(NC(=O)COc2ccc3c(C)cc(=O)oc3c2C)cc1Br. The average molecular weight is 416 g/mol. The van der Waals surface area contributed by atoms with E-state index in [4.69, 9.17) is 9.15 Å². The standard InChI is InChI=1S/C20H18BrNO4/c1-11-4-5-14(9-16(11)21)22-18(23)10-25-17-7-6-15-12(2)8-19(24)26-20(15)13(17)3/h4-9H,10H2,1-3H3,(H,22,23). The van der Waals surface area contributed by atoms with Crippen LogP contribution < -0.4 is 15.7 Å². The molecule has 134 valence electrons. The van der Waals surface area contributed by atoms with Crippen molar-refractivity contribution in [1.82, 2.24) is 0 Å². The summed E-state index contributed by atoms with van der Waals surface area (Å²) in [5, 5.41) is 3.64. The van der Waals surface area contributed by atoms with Gasteiger partial charge in [-0.05, 0) is 56.2 Å². The Kier molecular flexibility index (Phi) is 5.13. The molecular weight excluding hydrogens is 398 g/mol. The van der Waals surface area contributed by atoms with Gasteiger partial charge < -0.3 is 14.5 Å². The molecule has 0 atom stereocenters. The molecule has 0 aliphatic heterocycles. The molecule has 1 aromatic heterocycles. The third kappa shape index (κ3) is 3.80. The minimum absolute atomic E-state index is 0.145. The van der Waals surface area contributed by atoms with Gasteiger partial charge in [0.05, 0.1) is 0 Å². The van der Waals surface area contributed by atoms with Crippen LogP contribution in [0, 0.1) is 20.8 Å². The van der Waals surface area contributed by atoms with Gasteiger partial charge in [0.25, 0.3) is 5.91 Å². The Labute approximate surface area is 159 Å². The van der Waals surface area contributed by atoms with E-state index in [1.54, 1.807) is 13.0 Å². The van der Waals surface area contributed by atoms with Gasteiger partial charge in [0.1, 0.15) is 11.3 Å². The number of hydrogen-bond donors (Lipinski definition) is 1. The topological polar surface area (TPSA) is 68.5 Å². The first-order valence-electron chi connectivity index (χ1n) is 8.08. The van der Waals surface area contributed by atoms with Gasteiger partial charge in [-0.1, -0.05) is 22.0 Å². The van der Waals surface area contributed by atoms with E-state index in [0.29, 0.717) is 22.6 Å². The lowest BCUT2D eigenvalue weighted by Gasteiger charge is -2.12. The molecule has 1 amide bonds. The quantitative estimate of drug-likeness (QED) is 0.636. The lowest BCUT2D eigenvalue weighted by atomic mass is 10.1. The van der Waals surface area contributed by atoms with Gasteiger partial charge in [0, 0.05) is 27.2 Å². The van der Waals surface area contributed by atoms with Gasteiger partial charge in [-0.3, -0.25) is 4.79 Å². The molecule has 0 bridgehead atoms. The van der Waals surface area contributed by atoms with E-state index in [9.17, 15) is 9.59 Å². The summed E-state index contributed by atoms with van der Waals surface area (Å²) in [7, 11) is 0. The molecule has 0 saturated carbocycles. The lowest BCUT2D eigenvalue weighted by molar-refractivity contribution is -0.118. The largest absolute Gasteiger partial charge is 0.483 e. The smallest absolute Gasteiger partial charge is 0.336 e. The Morgan fingerprint density at radius 2 is 1.88 bits per heavy atom. The molecule has 2 aromatic carbocycles. The number of fused-ring (bicyclic) bond motifs is 1. The lowest BCUT2D eigenvalue weighted by Crippen LogP contribution is -2.20. The number of anilines is 1. The summed E-state index contributed by atoms with van der Waals surface area (Å²) in [5.41, 5.74) is 3.38. The minimum Gasteiger partial charge on any atom is -0.483 e. The van der Waals surface area contributed by atoms with Crippen molar-refractivity contribution in [1.29, 1.82) is 0 Å². The fourth-order valence-corrected chi connectivity index (χ4v) is 3.05. The number of carbonyl (C=O) groups is 1. The van der Waals surface area contributed by atoms with Crippen LogP contribution in [-0.2, 0) is 4.79 Å². The highest BCUT2D eigenvalue weighted by Crippen LogP contribution is 2.28. The fraction of sp³-hybridized carbons (Fsp3) is 0.200. The second kappa shape index (κ2) is 7.33. The van der Waals surface area contributed by atoms with E-state index < -0.39 is 5.63 Å². The highest BCUT2D eigenvalue weighted by molar-refractivity contribution is 9.10.